The lowest BCUT2D eigenvalue weighted by atomic mass is 10.1. The number of nitrogen functional groups attached to an aromatic ring is 1. The molecule has 2 N–H and O–H groups in total. The number of esters is 1. The average Bonchev–Trinajstić information content (AvgIpc) is 3.41. The molecule has 2 aromatic heterocycles. The van der Waals surface area contributed by atoms with Gasteiger partial charge in [-0.2, -0.15) is 0 Å². The second kappa shape index (κ2) is 10.6. The molecule has 0 bridgehead atoms. The van der Waals surface area contributed by atoms with Crippen LogP contribution in [0.5, 0.6) is 0 Å². The van der Waals surface area contributed by atoms with E-state index in [1.165, 1.54) is 19.1 Å². The van der Waals surface area contributed by atoms with E-state index in [-0.39, 0.29) is 11.7 Å². The van der Waals surface area contributed by atoms with E-state index < -0.39 is 4.92 Å². The van der Waals surface area contributed by atoms with Gasteiger partial charge in [0.15, 0.2) is 0 Å². The van der Waals surface area contributed by atoms with Crippen LogP contribution in [-0.2, 0) is 9.53 Å². The van der Waals surface area contributed by atoms with E-state index >= 15 is 0 Å². The molecule has 0 aliphatic heterocycles. The second-order valence-corrected chi connectivity index (χ2v) is 7.81. The van der Waals surface area contributed by atoms with Crippen LogP contribution in [0.15, 0.2) is 93.8 Å². The van der Waals surface area contributed by atoms with Crippen molar-refractivity contribution in [3.63, 3.8) is 0 Å². The molecule has 6 aromatic rings. The molecule has 0 aliphatic carbocycles. The molecular weight excluding hydrogens is 460 g/mol. The lowest BCUT2D eigenvalue weighted by Crippen LogP contribution is -1.95. The Hall–Kier alpha value is -4.85. The Bertz CT molecular complexity index is 1680. The molecule has 0 atom stereocenters. The zero-order chi connectivity index (χ0) is 25.7. The molecule has 0 radical (unpaired) electrons. The molecule has 6 rings (SSSR count). The van der Waals surface area contributed by atoms with Gasteiger partial charge in [-0.1, -0.05) is 36.4 Å². The van der Waals surface area contributed by atoms with Crippen molar-refractivity contribution in [2.45, 2.75) is 13.8 Å². The number of para-hydroxylation sites is 2. The van der Waals surface area contributed by atoms with E-state index in [1.54, 1.807) is 13.0 Å². The van der Waals surface area contributed by atoms with Gasteiger partial charge in [0.1, 0.15) is 22.3 Å². The van der Waals surface area contributed by atoms with E-state index in [2.05, 4.69) is 10.8 Å². The van der Waals surface area contributed by atoms with Crippen molar-refractivity contribution in [3.05, 3.63) is 95.0 Å². The Kier molecular flexibility index (Phi) is 7.15. The van der Waals surface area contributed by atoms with Crippen LogP contribution in [0.4, 0.5) is 11.4 Å². The summed E-state index contributed by atoms with van der Waals surface area (Å²) in [6.07, 6.45) is 0. The average molecular weight is 485 g/mol. The Morgan fingerprint density at radius 1 is 0.806 bits per heavy atom. The number of hydrogen-bond donors (Lipinski definition) is 1. The maximum absolute atomic E-state index is 10.6. The summed E-state index contributed by atoms with van der Waals surface area (Å²) in [5.74, 6) is -0.211. The molecule has 0 saturated carbocycles. The summed E-state index contributed by atoms with van der Waals surface area (Å²) in [4.78, 5) is 20.0. The predicted octanol–water partition coefficient (Wildman–Crippen LogP) is 7.23. The number of hydrogen-bond acceptors (Lipinski definition) is 7. The number of nitro groups is 1. The highest BCUT2D eigenvalue weighted by Crippen LogP contribution is 2.31. The van der Waals surface area contributed by atoms with E-state index in [1.807, 2.05) is 60.7 Å². The minimum absolute atomic E-state index is 0.0477. The molecule has 36 heavy (non-hydrogen) atoms. The van der Waals surface area contributed by atoms with Gasteiger partial charge in [-0.05, 0) is 37.3 Å². The van der Waals surface area contributed by atoms with Crippen LogP contribution in [-0.4, -0.2) is 17.5 Å². The third kappa shape index (κ3) is 5.28. The third-order valence-corrected chi connectivity index (χ3v) is 5.32. The van der Waals surface area contributed by atoms with Crippen molar-refractivity contribution in [1.29, 1.82) is 0 Å². The van der Waals surface area contributed by atoms with Crippen LogP contribution in [0.25, 0.3) is 43.9 Å². The van der Waals surface area contributed by atoms with E-state index in [9.17, 15) is 14.9 Å². The van der Waals surface area contributed by atoms with Crippen LogP contribution in [0.3, 0.4) is 0 Å². The van der Waals surface area contributed by atoms with Gasteiger partial charge in [-0.25, -0.2) is 0 Å². The van der Waals surface area contributed by atoms with Crippen LogP contribution < -0.4 is 5.73 Å². The molecule has 182 valence electrons. The minimum atomic E-state index is -0.424. The number of nitro benzene ring substituents is 1. The predicted molar refractivity (Wildman–Crippen MR) is 141 cm³/mol. The monoisotopic (exact) mass is 484 g/mol. The highest BCUT2D eigenvalue weighted by atomic mass is 16.6. The lowest BCUT2D eigenvalue weighted by molar-refractivity contribution is -0.384. The SMILES string of the molecule is CCOC(C)=O.Nc1ccc2c(c1)oc1ccccc12.O=[N+]([O-])c1ccc2c(c1)oc1ccccc12. The molecule has 0 saturated heterocycles. The quantitative estimate of drug-likeness (QED) is 0.119. The zero-order valence-corrected chi connectivity index (χ0v) is 19.8. The molecule has 8 heteroatoms. The number of furan rings is 2. The standard InChI is InChI=1S/C12H7NO3.C12H9NO.C4H8O2/c14-13(15)8-5-6-10-9-3-1-2-4-11(9)16-12(10)7-8;13-8-5-6-10-9-3-1-2-4-11(9)14-12(10)7-8;1-3-6-4(2)5/h1-7H;1-7H,13H2;3H2,1-2H3. The van der Waals surface area contributed by atoms with E-state index in [0.29, 0.717) is 12.2 Å². The number of benzene rings is 4. The van der Waals surface area contributed by atoms with E-state index in [4.69, 9.17) is 14.6 Å². The summed E-state index contributed by atoms with van der Waals surface area (Å²) in [7, 11) is 0. The zero-order valence-electron chi connectivity index (χ0n) is 19.8. The highest BCUT2D eigenvalue weighted by molar-refractivity contribution is 6.06. The van der Waals surface area contributed by atoms with Gasteiger partial charge in [0.2, 0.25) is 0 Å². The first-order valence-electron chi connectivity index (χ1n) is 11.2. The fourth-order valence-electron chi connectivity index (χ4n) is 3.77. The van der Waals surface area contributed by atoms with Gasteiger partial charge in [0.05, 0.1) is 17.6 Å². The summed E-state index contributed by atoms with van der Waals surface area (Å²) in [5.41, 5.74) is 9.53. The van der Waals surface area contributed by atoms with Gasteiger partial charge >= 0.3 is 5.97 Å². The number of fused-ring (bicyclic) bond motifs is 6. The normalized spacial score (nSPS) is 10.5. The van der Waals surface area contributed by atoms with Crippen molar-refractivity contribution in [2.24, 2.45) is 0 Å². The van der Waals surface area contributed by atoms with Crippen molar-refractivity contribution in [1.82, 2.24) is 0 Å². The first-order valence-corrected chi connectivity index (χ1v) is 11.2. The molecule has 0 amide bonds. The summed E-state index contributed by atoms with van der Waals surface area (Å²) in [6, 6.07) is 26.0. The maximum Gasteiger partial charge on any atom is 0.302 e. The number of nitrogens with two attached hydrogens (primary N) is 1. The fourth-order valence-corrected chi connectivity index (χ4v) is 3.77. The molecule has 0 spiro atoms. The largest absolute Gasteiger partial charge is 0.466 e. The number of anilines is 1. The fraction of sp³-hybridized carbons (Fsp3) is 0.107. The molecule has 4 aromatic carbocycles. The Morgan fingerprint density at radius 2 is 1.31 bits per heavy atom. The Balaban J connectivity index is 0.000000140. The number of ether oxygens (including phenoxy) is 1. The molecule has 8 nitrogen and oxygen atoms in total. The first kappa shape index (κ1) is 24.3. The molecule has 2 heterocycles. The summed E-state index contributed by atoms with van der Waals surface area (Å²) in [5, 5.41) is 14.8. The maximum atomic E-state index is 10.6. The number of rotatable bonds is 2. The van der Waals surface area contributed by atoms with Gasteiger partial charge in [0.25, 0.3) is 5.69 Å². The van der Waals surface area contributed by atoms with E-state index in [0.717, 1.165) is 44.0 Å². The number of nitrogens with zero attached hydrogens (tertiary/aromatic N) is 1. The molecule has 0 aliphatic rings. The van der Waals surface area contributed by atoms with Gasteiger partial charge in [-0.3, -0.25) is 14.9 Å². The van der Waals surface area contributed by atoms with Crippen molar-refractivity contribution in [2.75, 3.05) is 12.3 Å². The van der Waals surface area contributed by atoms with Crippen LogP contribution in [0, 0.1) is 10.1 Å². The first-order chi connectivity index (χ1) is 17.4. The molecule has 0 unspecified atom stereocenters. The smallest absolute Gasteiger partial charge is 0.302 e. The second-order valence-electron chi connectivity index (χ2n) is 7.81. The summed E-state index contributed by atoms with van der Waals surface area (Å²) < 4.78 is 15.6. The Labute approximate surface area is 206 Å². The highest BCUT2D eigenvalue weighted by Gasteiger charge is 2.11. The summed E-state index contributed by atoms with van der Waals surface area (Å²) >= 11 is 0. The van der Waals surface area contributed by atoms with Crippen molar-refractivity contribution in [3.8, 4) is 0 Å². The van der Waals surface area contributed by atoms with Crippen molar-refractivity contribution < 1.29 is 23.3 Å². The van der Waals surface area contributed by atoms with Crippen LogP contribution in [0.1, 0.15) is 13.8 Å². The van der Waals surface area contributed by atoms with Crippen LogP contribution in [0.2, 0.25) is 0 Å². The Morgan fingerprint density at radius 3 is 1.81 bits per heavy atom. The van der Waals surface area contributed by atoms with Gasteiger partial charge < -0.3 is 19.3 Å². The molecule has 0 fully saturated rings. The van der Waals surface area contributed by atoms with Crippen LogP contribution >= 0.6 is 0 Å². The van der Waals surface area contributed by atoms with Gasteiger partial charge in [0, 0.05) is 46.3 Å². The number of carbonyl (C=O) groups excluding carboxylic acids is 1. The topological polar surface area (TPSA) is 122 Å². The third-order valence-electron chi connectivity index (χ3n) is 5.32. The minimum Gasteiger partial charge on any atom is -0.466 e. The van der Waals surface area contributed by atoms with Gasteiger partial charge in [-0.15, -0.1) is 0 Å². The molecular formula is C28H24N2O6. The number of carbonyl (C=O) groups is 1. The number of non-ortho nitro benzene ring substituents is 1. The lowest BCUT2D eigenvalue weighted by Gasteiger charge is -1.90. The summed E-state index contributed by atoms with van der Waals surface area (Å²) in [6.45, 7) is 3.65. The van der Waals surface area contributed by atoms with Crippen molar-refractivity contribution >= 4 is 61.2 Å².